The van der Waals surface area contributed by atoms with E-state index < -0.39 is 0 Å². The van der Waals surface area contributed by atoms with Gasteiger partial charge in [-0.1, -0.05) is 6.92 Å². The highest BCUT2D eigenvalue weighted by molar-refractivity contribution is 7.07. The lowest BCUT2D eigenvalue weighted by molar-refractivity contribution is 0.281. The maximum Gasteiger partial charge on any atom is 0.129 e. The van der Waals surface area contributed by atoms with Gasteiger partial charge in [0, 0.05) is 19.3 Å². The summed E-state index contributed by atoms with van der Waals surface area (Å²) in [5.74, 6) is 0.921. The molecule has 4 heteroatoms. The molecule has 0 fully saturated rings. The summed E-state index contributed by atoms with van der Waals surface area (Å²) in [5, 5.41) is 13.5. The Morgan fingerprint density at radius 2 is 2.17 bits per heavy atom. The van der Waals surface area contributed by atoms with Crippen molar-refractivity contribution in [3.63, 3.8) is 0 Å². The van der Waals surface area contributed by atoms with Gasteiger partial charge in [0.25, 0.3) is 0 Å². The second kappa shape index (κ2) is 5.98. The molecule has 2 rings (SSSR count). The standard InChI is InChI=1S/C14H18N2OS/c1-3-13-6-12(9-17)7-14(15-13)16(2)8-11-4-5-18-10-11/h4-7,10,17H,3,8-9H2,1-2H3. The minimum absolute atomic E-state index is 0.0643. The van der Waals surface area contributed by atoms with Crippen LogP contribution in [0.2, 0.25) is 0 Å². The van der Waals surface area contributed by atoms with Gasteiger partial charge in [0.05, 0.1) is 6.61 Å². The normalized spacial score (nSPS) is 10.6. The summed E-state index contributed by atoms with van der Waals surface area (Å²) >= 11 is 1.71. The van der Waals surface area contributed by atoms with E-state index in [0.29, 0.717) is 0 Å². The molecule has 0 aromatic carbocycles. The van der Waals surface area contributed by atoms with Gasteiger partial charge in [0.15, 0.2) is 0 Å². The van der Waals surface area contributed by atoms with Crippen LogP contribution in [0.3, 0.4) is 0 Å². The number of nitrogens with zero attached hydrogens (tertiary/aromatic N) is 2. The topological polar surface area (TPSA) is 36.4 Å². The summed E-state index contributed by atoms with van der Waals surface area (Å²) < 4.78 is 0. The first-order valence-corrected chi connectivity index (χ1v) is 7.00. The highest BCUT2D eigenvalue weighted by atomic mass is 32.1. The Labute approximate surface area is 112 Å². The molecule has 96 valence electrons. The van der Waals surface area contributed by atoms with Crippen LogP contribution >= 0.6 is 11.3 Å². The maximum atomic E-state index is 9.28. The Balaban J connectivity index is 2.20. The fourth-order valence-electron chi connectivity index (χ4n) is 1.84. The van der Waals surface area contributed by atoms with Crippen LogP contribution < -0.4 is 4.90 Å². The van der Waals surface area contributed by atoms with E-state index in [-0.39, 0.29) is 6.61 Å². The Kier molecular flexibility index (Phi) is 4.33. The maximum absolute atomic E-state index is 9.28. The molecule has 0 saturated heterocycles. The van der Waals surface area contributed by atoms with Crippen LogP contribution in [0, 0.1) is 0 Å². The first-order chi connectivity index (χ1) is 8.72. The second-order valence-electron chi connectivity index (χ2n) is 4.32. The molecule has 18 heavy (non-hydrogen) atoms. The predicted molar refractivity (Wildman–Crippen MR) is 76.0 cm³/mol. The van der Waals surface area contributed by atoms with Gasteiger partial charge in [-0.15, -0.1) is 0 Å². The molecule has 0 atom stereocenters. The number of aliphatic hydroxyl groups excluding tert-OH is 1. The number of aliphatic hydroxyl groups is 1. The SMILES string of the molecule is CCc1cc(CO)cc(N(C)Cc2ccsc2)n1. The van der Waals surface area contributed by atoms with Crippen molar-refractivity contribution in [3.05, 3.63) is 45.8 Å². The molecular weight excluding hydrogens is 244 g/mol. The molecule has 2 heterocycles. The summed E-state index contributed by atoms with van der Waals surface area (Å²) in [6, 6.07) is 6.03. The lowest BCUT2D eigenvalue weighted by Crippen LogP contribution is -2.18. The number of aromatic nitrogens is 1. The van der Waals surface area contributed by atoms with E-state index in [1.807, 2.05) is 19.2 Å². The van der Waals surface area contributed by atoms with Crippen LogP contribution in [0.4, 0.5) is 5.82 Å². The Bertz CT molecular complexity index is 474. The number of hydrogen-bond donors (Lipinski definition) is 1. The quantitative estimate of drug-likeness (QED) is 0.900. The average Bonchev–Trinajstić information content (AvgIpc) is 2.90. The third-order valence-corrected chi connectivity index (χ3v) is 3.59. The molecule has 2 aromatic heterocycles. The smallest absolute Gasteiger partial charge is 0.129 e. The van der Waals surface area contributed by atoms with Crippen LogP contribution in [0.25, 0.3) is 0 Å². The van der Waals surface area contributed by atoms with Crippen molar-refractivity contribution in [1.82, 2.24) is 4.98 Å². The van der Waals surface area contributed by atoms with Crippen molar-refractivity contribution < 1.29 is 5.11 Å². The van der Waals surface area contributed by atoms with Crippen LogP contribution in [0.15, 0.2) is 29.0 Å². The van der Waals surface area contributed by atoms with Crippen molar-refractivity contribution in [2.24, 2.45) is 0 Å². The Morgan fingerprint density at radius 1 is 1.33 bits per heavy atom. The van der Waals surface area contributed by atoms with Crippen LogP contribution in [0.1, 0.15) is 23.7 Å². The third-order valence-electron chi connectivity index (χ3n) is 2.86. The summed E-state index contributed by atoms with van der Waals surface area (Å²) in [4.78, 5) is 6.71. The fourth-order valence-corrected chi connectivity index (χ4v) is 2.50. The molecular formula is C14H18N2OS. The van der Waals surface area contributed by atoms with E-state index in [1.165, 1.54) is 5.56 Å². The molecule has 0 aliphatic carbocycles. The van der Waals surface area contributed by atoms with Gasteiger partial charge < -0.3 is 10.0 Å². The largest absolute Gasteiger partial charge is 0.392 e. The fraction of sp³-hybridized carbons (Fsp3) is 0.357. The number of aryl methyl sites for hydroxylation is 1. The van der Waals surface area contributed by atoms with Crippen molar-refractivity contribution in [3.8, 4) is 0 Å². The molecule has 2 aromatic rings. The van der Waals surface area contributed by atoms with E-state index >= 15 is 0 Å². The van der Waals surface area contributed by atoms with Gasteiger partial charge in [-0.25, -0.2) is 4.98 Å². The zero-order valence-electron chi connectivity index (χ0n) is 10.8. The summed E-state index contributed by atoms with van der Waals surface area (Å²) in [5.41, 5.74) is 3.24. The number of hydrogen-bond acceptors (Lipinski definition) is 4. The number of thiophene rings is 1. The van der Waals surface area contributed by atoms with Gasteiger partial charge in [-0.3, -0.25) is 0 Å². The van der Waals surface area contributed by atoms with Gasteiger partial charge in [-0.05, 0) is 46.5 Å². The summed E-state index contributed by atoms with van der Waals surface area (Å²) in [6.45, 7) is 2.98. The average molecular weight is 262 g/mol. The van der Waals surface area contributed by atoms with E-state index in [2.05, 4.69) is 33.6 Å². The molecule has 0 spiro atoms. The van der Waals surface area contributed by atoms with E-state index in [1.54, 1.807) is 11.3 Å². The Hall–Kier alpha value is -1.39. The van der Waals surface area contributed by atoms with Gasteiger partial charge in [0.2, 0.25) is 0 Å². The summed E-state index contributed by atoms with van der Waals surface area (Å²) in [6.07, 6.45) is 0.882. The highest BCUT2D eigenvalue weighted by Crippen LogP contribution is 2.18. The van der Waals surface area contributed by atoms with Crippen molar-refractivity contribution >= 4 is 17.2 Å². The molecule has 3 nitrogen and oxygen atoms in total. The lowest BCUT2D eigenvalue weighted by atomic mass is 10.2. The molecule has 0 aliphatic heterocycles. The van der Waals surface area contributed by atoms with E-state index in [9.17, 15) is 5.11 Å². The van der Waals surface area contributed by atoms with Crippen molar-refractivity contribution in [1.29, 1.82) is 0 Å². The van der Waals surface area contributed by atoms with Crippen LogP contribution in [-0.4, -0.2) is 17.1 Å². The molecule has 0 radical (unpaired) electrons. The first-order valence-electron chi connectivity index (χ1n) is 6.06. The number of anilines is 1. The number of rotatable bonds is 5. The summed E-state index contributed by atoms with van der Waals surface area (Å²) in [7, 11) is 2.03. The molecule has 0 unspecified atom stereocenters. The third kappa shape index (κ3) is 3.09. The predicted octanol–water partition coefficient (Wildman–Crippen LogP) is 2.83. The van der Waals surface area contributed by atoms with Gasteiger partial charge >= 0.3 is 0 Å². The Morgan fingerprint density at radius 3 is 2.78 bits per heavy atom. The molecule has 0 amide bonds. The molecule has 0 bridgehead atoms. The highest BCUT2D eigenvalue weighted by Gasteiger charge is 2.07. The van der Waals surface area contributed by atoms with Gasteiger partial charge in [0.1, 0.15) is 5.82 Å². The monoisotopic (exact) mass is 262 g/mol. The van der Waals surface area contributed by atoms with Crippen LogP contribution in [-0.2, 0) is 19.6 Å². The van der Waals surface area contributed by atoms with Crippen molar-refractivity contribution in [2.75, 3.05) is 11.9 Å². The van der Waals surface area contributed by atoms with Crippen molar-refractivity contribution in [2.45, 2.75) is 26.5 Å². The molecule has 0 saturated carbocycles. The molecule has 0 aliphatic rings. The lowest BCUT2D eigenvalue weighted by Gasteiger charge is -2.19. The zero-order chi connectivity index (χ0) is 13.0. The minimum Gasteiger partial charge on any atom is -0.392 e. The van der Waals surface area contributed by atoms with Crippen LogP contribution in [0.5, 0.6) is 0 Å². The zero-order valence-corrected chi connectivity index (χ0v) is 11.6. The van der Waals surface area contributed by atoms with Gasteiger partial charge in [-0.2, -0.15) is 11.3 Å². The van der Waals surface area contributed by atoms with E-state index in [4.69, 9.17) is 0 Å². The van der Waals surface area contributed by atoms with E-state index in [0.717, 1.165) is 30.0 Å². The molecule has 1 N–H and O–H groups in total. The second-order valence-corrected chi connectivity index (χ2v) is 5.10. The first kappa shape index (κ1) is 13.1. The minimum atomic E-state index is 0.0643. The number of pyridine rings is 1.